The number of nitrogens with zero attached hydrogens (tertiary/aromatic N) is 1. The molecule has 0 saturated carbocycles. The number of nitrogens with one attached hydrogen (secondary N) is 1. The molecule has 0 aromatic heterocycles. The molecule has 2 aliphatic rings. The molecule has 1 N–H and O–H groups in total. The summed E-state index contributed by atoms with van der Waals surface area (Å²) in [4.78, 5) is 13.1. The number of esters is 1. The van der Waals surface area contributed by atoms with E-state index in [4.69, 9.17) is 4.74 Å². The van der Waals surface area contributed by atoms with Crippen LogP contribution in [-0.2, 0) is 9.53 Å². The minimum atomic E-state index is -0.374. The Hall–Kier alpha value is -2.23. The summed E-state index contributed by atoms with van der Waals surface area (Å²) in [6.45, 7) is 3.33. The predicted octanol–water partition coefficient (Wildman–Crippen LogP) is 2.17. The second-order valence-electron chi connectivity index (χ2n) is 3.92. The van der Waals surface area contributed by atoms with Gasteiger partial charge in [0.15, 0.2) is 6.10 Å². The molecule has 1 unspecified atom stereocenters. The maximum atomic E-state index is 11.1. The van der Waals surface area contributed by atoms with E-state index < -0.39 is 0 Å². The molecular formula is C14H16N2O2. The fraction of sp³-hybridized carbons (Fsp3) is 0.214. The quantitative estimate of drug-likeness (QED) is 0.772. The van der Waals surface area contributed by atoms with E-state index in [1.165, 1.54) is 6.92 Å². The van der Waals surface area contributed by atoms with Gasteiger partial charge in [-0.3, -0.25) is 4.79 Å². The van der Waals surface area contributed by atoms with E-state index in [0.29, 0.717) is 0 Å². The van der Waals surface area contributed by atoms with Gasteiger partial charge in [0.2, 0.25) is 0 Å². The highest BCUT2D eigenvalue weighted by Gasteiger charge is 2.24. The number of fused-ring (bicyclic) bond motifs is 1. The Morgan fingerprint density at radius 2 is 2.28 bits per heavy atom. The Bertz CT molecular complexity index is 484. The van der Waals surface area contributed by atoms with Gasteiger partial charge in [0.1, 0.15) is 0 Å². The molecule has 0 aromatic carbocycles. The first-order valence-electron chi connectivity index (χ1n) is 5.83. The van der Waals surface area contributed by atoms with E-state index in [1.807, 2.05) is 60.8 Å². The smallest absolute Gasteiger partial charge is 0.303 e. The maximum Gasteiger partial charge on any atom is 0.303 e. The molecule has 0 amide bonds. The summed E-state index contributed by atoms with van der Waals surface area (Å²) >= 11 is 0. The van der Waals surface area contributed by atoms with Crippen molar-refractivity contribution < 1.29 is 9.53 Å². The average Bonchev–Trinajstić information content (AvgIpc) is 2.37. The van der Waals surface area contributed by atoms with Crippen molar-refractivity contribution in [1.29, 1.82) is 0 Å². The summed E-state index contributed by atoms with van der Waals surface area (Å²) in [6.07, 6.45) is 14.9. The summed E-state index contributed by atoms with van der Waals surface area (Å²) in [7, 11) is 0. The van der Waals surface area contributed by atoms with Gasteiger partial charge in [0, 0.05) is 19.3 Å². The van der Waals surface area contributed by atoms with Gasteiger partial charge in [-0.1, -0.05) is 12.2 Å². The van der Waals surface area contributed by atoms with Gasteiger partial charge in [-0.05, 0) is 31.4 Å². The van der Waals surface area contributed by atoms with E-state index in [0.717, 1.165) is 11.4 Å². The Kier molecular flexibility index (Phi) is 3.67. The van der Waals surface area contributed by atoms with Crippen molar-refractivity contribution in [2.24, 2.45) is 0 Å². The molecule has 0 aliphatic carbocycles. The van der Waals surface area contributed by atoms with Crippen molar-refractivity contribution in [3.63, 3.8) is 0 Å². The molecular weight excluding hydrogens is 228 g/mol. The number of allylic oxidation sites excluding steroid dienone is 4. The van der Waals surface area contributed by atoms with Crippen molar-refractivity contribution in [1.82, 2.24) is 10.2 Å². The Morgan fingerprint density at radius 1 is 1.44 bits per heavy atom. The topological polar surface area (TPSA) is 41.6 Å². The third-order valence-electron chi connectivity index (χ3n) is 2.57. The van der Waals surface area contributed by atoms with Crippen LogP contribution in [0, 0.1) is 0 Å². The highest BCUT2D eigenvalue weighted by Crippen LogP contribution is 2.25. The van der Waals surface area contributed by atoms with Crippen LogP contribution < -0.4 is 5.32 Å². The molecule has 18 heavy (non-hydrogen) atoms. The Morgan fingerprint density at radius 3 is 3.00 bits per heavy atom. The first-order chi connectivity index (χ1) is 8.72. The Labute approximate surface area is 107 Å². The van der Waals surface area contributed by atoms with Gasteiger partial charge in [0.25, 0.3) is 0 Å². The number of carbonyl (C=O) groups excluding carboxylic acids is 1. The van der Waals surface area contributed by atoms with Gasteiger partial charge < -0.3 is 15.0 Å². The highest BCUT2D eigenvalue weighted by molar-refractivity contribution is 5.67. The second kappa shape index (κ2) is 5.40. The van der Waals surface area contributed by atoms with E-state index >= 15 is 0 Å². The van der Waals surface area contributed by atoms with Crippen molar-refractivity contribution in [3.05, 3.63) is 60.4 Å². The minimum absolute atomic E-state index is 0.297. The zero-order valence-electron chi connectivity index (χ0n) is 10.5. The average molecular weight is 244 g/mol. The van der Waals surface area contributed by atoms with Gasteiger partial charge in [-0.15, -0.1) is 0 Å². The lowest BCUT2D eigenvalue weighted by molar-refractivity contribution is -0.143. The van der Waals surface area contributed by atoms with Gasteiger partial charge in [-0.25, -0.2) is 0 Å². The maximum absolute atomic E-state index is 11.1. The number of ether oxygens (including phenoxy) is 1. The van der Waals surface area contributed by atoms with Gasteiger partial charge in [0.05, 0.1) is 11.4 Å². The molecule has 94 valence electrons. The molecule has 0 fully saturated rings. The minimum Gasteiger partial charge on any atom is -0.452 e. The molecule has 0 radical (unpaired) electrons. The standard InChI is InChI=1S/C14H16N2O2/c1-3-8-15-14-12-6-4-5-9-16(12)10-7-13(14)18-11(2)17/h3-10,13,15H,1-2H3/b8-3-. The summed E-state index contributed by atoms with van der Waals surface area (Å²) < 4.78 is 5.29. The van der Waals surface area contributed by atoms with Crippen LogP contribution in [0.5, 0.6) is 0 Å². The molecule has 1 atom stereocenters. The zero-order valence-corrected chi connectivity index (χ0v) is 10.5. The third kappa shape index (κ3) is 2.53. The summed E-state index contributed by atoms with van der Waals surface area (Å²) in [5.74, 6) is -0.297. The van der Waals surface area contributed by atoms with Gasteiger partial charge in [-0.2, -0.15) is 0 Å². The molecule has 0 aromatic rings. The van der Waals surface area contributed by atoms with Crippen LogP contribution in [-0.4, -0.2) is 17.0 Å². The van der Waals surface area contributed by atoms with Crippen LogP contribution in [0.1, 0.15) is 13.8 Å². The van der Waals surface area contributed by atoms with Crippen LogP contribution >= 0.6 is 0 Å². The zero-order chi connectivity index (χ0) is 13.0. The van der Waals surface area contributed by atoms with Crippen LogP contribution in [0.3, 0.4) is 0 Å². The lowest BCUT2D eigenvalue weighted by Gasteiger charge is -2.30. The highest BCUT2D eigenvalue weighted by atomic mass is 16.5. The SMILES string of the molecule is C/C=C\NC1=C2C=CC=CN2C=CC1OC(C)=O. The summed E-state index contributed by atoms with van der Waals surface area (Å²) in [5.41, 5.74) is 1.83. The van der Waals surface area contributed by atoms with Crippen molar-refractivity contribution in [2.45, 2.75) is 20.0 Å². The Balaban J connectivity index is 2.32. The molecule has 0 saturated heterocycles. The molecule has 4 nitrogen and oxygen atoms in total. The van der Waals surface area contributed by atoms with E-state index in [1.54, 1.807) is 0 Å². The predicted molar refractivity (Wildman–Crippen MR) is 69.8 cm³/mol. The molecule has 2 rings (SSSR count). The molecule has 0 spiro atoms. The summed E-state index contributed by atoms with van der Waals surface area (Å²) in [6, 6.07) is 0. The first-order valence-corrected chi connectivity index (χ1v) is 5.83. The van der Waals surface area contributed by atoms with E-state index in [9.17, 15) is 4.79 Å². The normalized spacial score (nSPS) is 21.4. The van der Waals surface area contributed by atoms with Crippen molar-refractivity contribution >= 4 is 5.97 Å². The van der Waals surface area contributed by atoms with Crippen molar-refractivity contribution in [3.8, 4) is 0 Å². The fourth-order valence-corrected chi connectivity index (χ4v) is 1.83. The lowest BCUT2D eigenvalue weighted by Crippen LogP contribution is -2.32. The number of hydrogen-bond acceptors (Lipinski definition) is 4. The molecule has 0 bridgehead atoms. The molecule has 2 heterocycles. The molecule has 4 heteroatoms. The van der Waals surface area contributed by atoms with E-state index in [2.05, 4.69) is 5.32 Å². The molecule has 2 aliphatic heterocycles. The first kappa shape index (κ1) is 12.2. The van der Waals surface area contributed by atoms with Crippen LogP contribution in [0.15, 0.2) is 60.4 Å². The monoisotopic (exact) mass is 244 g/mol. The van der Waals surface area contributed by atoms with Crippen LogP contribution in [0.4, 0.5) is 0 Å². The van der Waals surface area contributed by atoms with Crippen LogP contribution in [0.2, 0.25) is 0 Å². The summed E-state index contributed by atoms with van der Waals surface area (Å²) in [5, 5.41) is 3.17. The van der Waals surface area contributed by atoms with E-state index in [-0.39, 0.29) is 12.1 Å². The largest absolute Gasteiger partial charge is 0.452 e. The van der Waals surface area contributed by atoms with Crippen LogP contribution in [0.25, 0.3) is 0 Å². The lowest BCUT2D eigenvalue weighted by atomic mass is 10.1. The number of carbonyl (C=O) groups is 1. The fourth-order valence-electron chi connectivity index (χ4n) is 1.83. The number of hydrogen-bond donors (Lipinski definition) is 1. The third-order valence-corrected chi connectivity index (χ3v) is 2.57. The van der Waals surface area contributed by atoms with Crippen molar-refractivity contribution in [2.75, 3.05) is 0 Å². The number of rotatable bonds is 3. The second-order valence-corrected chi connectivity index (χ2v) is 3.92. The van der Waals surface area contributed by atoms with Gasteiger partial charge >= 0.3 is 5.97 Å².